The summed E-state index contributed by atoms with van der Waals surface area (Å²) in [5.74, 6) is 1.06. The highest BCUT2D eigenvalue weighted by molar-refractivity contribution is 7.99. The fourth-order valence-corrected chi connectivity index (χ4v) is 3.44. The number of amides is 1. The molecular weight excluding hydrogens is 358 g/mol. The summed E-state index contributed by atoms with van der Waals surface area (Å²) in [4.78, 5) is 12.2. The number of anilines is 1. The molecule has 3 rings (SSSR count). The zero-order valence-electron chi connectivity index (χ0n) is 15.6. The van der Waals surface area contributed by atoms with Gasteiger partial charge in [-0.15, -0.1) is 16.8 Å². The molecule has 0 unspecified atom stereocenters. The Bertz CT molecular complexity index is 926. The Balaban J connectivity index is 1.65. The Hall–Kier alpha value is -2.80. The lowest BCUT2D eigenvalue weighted by atomic mass is 10.2. The highest BCUT2D eigenvalue weighted by atomic mass is 32.2. The number of nitrogens with one attached hydrogen (secondary N) is 1. The first kappa shape index (κ1) is 19.0. The largest absolute Gasteiger partial charge is 0.354 e. The second-order valence-electron chi connectivity index (χ2n) is 6.29. The van der Waals surface area contributed by atoms with Crippen LogP contribution < -0.4 is 5.32 Å². The van der Waals surface area contributed by atoms with Crippen LogP contribution >= 0.6 is 11.8 Å². The molecule has 0 saturated carbocycles. The van der Waals surface area contributed by atoms with E-state index in [2.05, 4.69) is 32.7 Å². The van der Waals surface area contributed by atoms with E-state index in [0.717, 1.165) is 27.9 Å². The highest BCUT2D eigenvalue weighted by Gasteiger charge is 2.15. The van der Waals surface area contributed by atoms with Gasteiger partial charge in [-0.05, 0) is 31.2 Å². The minimum atomic E-state index is -0.0685. The number of benzene rings is 1. The Kier molecular flexibility index (Phi) is 6.13. The molecule has 0 radical (unpaired) electrons. The van der Waals surface area contributed by atoms with Crippen molar-refractivity contribution in [1.82, 2.24) is 19.3 Å². The average molecular weight is 382 g/mol. The van der Waals surface area contributed by atoms with Crippen LogP contribution in [0.5, 0.6) is 0 Å². The van der Waals surface area contributed by atoms with Crippen molar-refractivity contribution in [3.63, 3.8) is 0 Å². The number of hydrogen-bond acceptors (Lipinski definition) is 4. The summed E-state index contributed by atoms with van der Waals surface area (Å²) in [5, 5.41) is 12.2. The van der Waals surface area contributed by atoms with Crippen molar-refractivity contribution in [3.05, 3.63) is 72.3 Å². The van der Waals surface area contributed by atoms with Crippen LogP contribution in [0, 0.1) is 6.92 Å². The van der Waals surface area contributed by atoms with Crippen LogP contribution in [-0.2, 0) is 24.8 Å². The molecule has 0 spiro atoms. The SMILES string of the molecule is C=CCn1c(Cc2cccn2C)nnc1SCC(=O)Nc1ccc(C)cc1. The van der Waals surface area contributed by atoms with Crippen LogP contribution in [0.25, 0.3) is 0 Å². The molecule has 0 atom stereocenters. The Labute approximate surface area is 163 Å². The van der Waals surface area contributed by atoms with E-state index in [1.165, 1.54) is 11.8 Å². The summed E-state index contributed by atoms with van der Waals surface area (Å²) in [7, 11) is 2.01. The Morgan fingerprint density at radius 3 is 2.70 bits per heavy atom. The van der Waals surface area contributed by atoms with Crippen molar-refractivity contribution in [2.24, 2.45) is 7.05 Å². The van der Waals surface area contributed by atoms with Gasteiger partial charge in [0.05, 0.1) is 5.75 Å². The molecule has 27 heavy (non-hydrogen) atoms. The first-order chi connectivity index (χ1) is 13.1. The molecule has 0 aliphatic heterocycles. The molecule has 2 heterocycles. The van der Waals surface area contributed by atoms with Gasteiger partial charge in [-0.1, -0.05) is 35.5 Å². The molecule has 1 aromatic carbocycles. The molecule has 0 aliphatic carbocycles. The molecule has 3 aromatic rings. The zero-order chi connectivity index (χ0) is 19.2. The van der Waals surface area contributed by atoms with E-state index in [-0.39, 0.29) is 11.7 Å². The van der Waals surface area contributed by atoms with Gasteiger partial charge in [0.25, 0.3) is 0 Å². The predicted molar refractivity (Wildman–Crippen MR) is 109 cm³/mol. The van der Waals surface area contributed by atoms with Crippen molar-refractivity contribution >= 4 is 23.4 Å². The fourth-order valence-electron chi connectivity index (χ4n) is 2.68. The molecule has 6 nitrogen and oxygen atoms in total. The van der Waals surface area contributed by atoms with Gasteiger partial charge in [-0.2, -0.15) is 0 Å². The number of aromatic nitrogens is 4. The number of aryl methyl sites for hydroxylation is 2. The van der Waals surface area contributed by atoms with Gasteiger partial charge < -0.3 is 14.5 Å². The maximum Gasteiger partial charge on any atom is 0.234 e. The lowest BCUT2D eigenvalue weighted by molar-refractivity contribution is -0.113. The number of nitrogens with zero attached hydrogens (tertiary/aromatic N) is 4. The topological polar surface area (TPSA) is 64.7 Å². The van der Waals surface area contributed by atoms with Gasteiger partial charge in [0.1, 0.15) is 5.82 Å². The third-order valence-electron chi connectivity index (χ3n) is 4.16. The predicted octanol–water partition coefficient (Wildman–Crippen LogP) is 3.43. The Morgan fingerprint density at radius 1 is 1.26 bits per heavy atom. The summed E-state index contributed by atoms with van der Waals surface area (Å²) in [6.45, 7) is 6.44. The first-order valence-electron chi connectivity index (χ1n) is 8.69. The maximum atomic E-state index is 12.2. The number of hydrogen-bond donors (Lipinski definition) is 1. The van der Waals surface area contributed by atoms with Gasteiger partial charge in [-0.3, -0.25) is 4.79 Å². The third-order valence-corrected chi connectivity index (χ3v) is 5.13. The smallest absolute Gasteiger partial charge is 0.234 e. The van der Waals surface area contributed by atoms with Crippen LogP contribution in [0.4, 0.5) is 5.69 Å². The van der Waals surface area contributed by atoms with Gasteiger partial charge in [-0.25, -0.2) is 0 Å². The molecule has 0 aliphatic rings. The third kappa shape index (κ3) is 4.89. The van der Waals surface area contributed by atoms with E-state index < -0.39 is 0 Å². The van der Waals surface area contributed by atoms with E-state index in [1.807, 2.05) is 61.1 Å². The molecule has 140 valence electrons. The second-order valence-corrected chi connectivity index (χ2v) is 7.23. The molecule has 0 fully saturated rings. The summed E-state index contributed by atoms with van der Waals surface area (Å²) >= 11 is 1.38. The normalized spacial score (nSPS) is 10.7. The fraction of sp³-hybridized carbons (Fsp3) is 0.250. The van der Waals surface area contributed by atoms with E-state index >= 15 is 0 Å². The molecular formula is C20H23N5OS. The summed E-state index contributed by atoms with van der Waals surface area (Å²) in [6, 6.07) is 11.8. The van der Waals surface area contributed by atoms with Gasteiger partial charge >= 0.3 is 0 Å². The number of allylic oxidation sites excluding steroid dienone is 1. The standard InChI is InChI=1S/C20H23N5OS/c1-4-11-25-18(13-17-6-5-12-24(17)3)22-23-20(25)27-14-19(26)21-16-9-7-15(2)8-10-16/h4-10,12H,1,11,13-14H2,2-3H3,(H,21,26). The number of carbonyl (C=O) groups is 1. The van der Waals surface area contributed by atoms with Crippen LogP contribution in [0.15, 0.2) is 60.4 Å². The number of rotatable bonds is 8. The first-order valence-corrected chi connectivity index (χ1v) is 9.68. The van der Waals surface area contributed by atoms with Crippen molar-refractivity contribution < 1.29 is 4.79 Å². The van der Waals surface area contributed by atoms with Crippen LogP contribution in [0.1, 0.15) is 17.1 Å². The average Bonchev–Trinajstić information content (AvgIpc) is 3.23. The maximum absolute atomic E-state index is 12.2. The Morgan fingerprint density at radius 2 is 2.04 bits per heavy atom. The highest BCUT2D eigenvalue weighted by Crippen LogP contribution is 2.20. The molecule has 7 heteroatoms. The van der Waals surface area contributed by atoms with E-state index in [4.69, 9.17) is 0 Å². The van der Waals surface area contributed by atoms with Crippen molar-refractivity contribution in [2.75, 3.05) is 11.1 Å². The molecule has 0 saturated heterocycles. The molecule has 0 bridgehead atoms. The molecule has 2 aromatic heterocycles. The van der Waals surface area contributed by atoms with Gasteiger partial charge in [0.15, 0.2) is 5.16 Å². The van der Waals surface area contributed by atoms with Crippen LogP contribution in [0.3, 0.4) is 0 Å². The van der Waals surface area contributed by atoms with Gasteiger partial charge in [0.2, 0.25) is 5.91 Å². The molecule has 1 amide bonds. The van der Waals surface area contributed by atoms with Crippen molar-refractivity contribution in [1.29, 1.82) is 0 Å². The van der Waals surface area contributed by atoms with Crippen LogP contribution in [0.2, 0.25) is 0 Å². The summed E-state index contributed by atoms with van der Waals surface area (Å²) < 4.78 is 4.07. The minimum Gasteiger partial charge on any atom is -0.354 e. The van der Waals surface area contributed by atoms with Gasteiger partial charge in [0, 0.05) is 37.6 Å². The summed E-state index contributed by atoms with van der Waals surface area (Å²) in [5.41, 5.74) is 3.11. The minimum absolute atomic E-state index is 0.0685. The number of thioether (sulfide) groups is 1. The zero-order valence-corrected chi connectivity index (χ0v) is 16.4. The summed E-state index contributed by atoms with van der Waals surface area (Å²) in [6.07, 6.45) is 4.50. The lowest BCUT2D eigenvalue weighted by Crippen LogP contribution is -2.15. The number of carbonyl (C=O) groups excluding carboxylic acids is 1. The monoisotopic (exact) mass is 381 g/mol. The van der Waals surface area contributed by atoms with Crippen LogP contribution in [-0.4, -0.2) is 31.0 Å². The van der Waals surface area contributed by atoms with E-state index in [0.29, 0.717) is 13.0 Å². The van der Waals surface area contributed by atoms with E-state index in [9.17, 15) is 4.79 Å². The lowest BCUT2D eigenvalue weighted by Gasteiger charge is -2.09. The van der Waals surface area contributed by atoms with E-state index in [1.54, 1.807) is 0 Å². The van der Waals surface area contributed by atoms with Crippen molar-refractivity contribution in [3.8, 4) is 0 Å². The van der Waals surface area contributed by atoms with Crippen molar-refractivity contribution in [2.45, 2.75) is 25.0 Å². The quantitative estimate of drug-likeness (QED) is 0.480. The molecule has 1 N–H and O–H groups in total. The second kappa shape index (κ2) is 8.73.